The van der Waals surface area contributed by atoms with Crippen LogP contribution in [0.1, 0.15) is 0 Å². The molecule has 0 aliphatic carbocycles. The molecule has 7 aromatic carbocycles. The van der Waals surface area contributed by atoms with Crippen molar-refractivity contribution in [1.82, 2.24) is 9.97 Å². The third-order valence-corrected chi connectivity index (χ3v) is 8.65. The second-order valence-electron chi connectivity index (χ2n) is 11.0. The van der Waals surface area contributed by atoms with Crippen LogP contribution in [-0.4, -0.2) is 9.97 Å². The van der Waals surface area contributed by atoms with Crippen LogP contribution in [0.25, 0.3) is 87.3 Å². The van der Waals surface area contributed by atoms with E-state index < -0.39 is 0 Å². The summed E-state index contributed by atoms with van der Waals surface area (Å²) in [7, 11) is 0. The summed E-state index contributed by atoms with van der Waals surface area (Å²) in [5.74, 6) is 0. The van der Waals surface area contributed by atoms with Gasteiger partial charge < -0.3 is 0 Å². The molecule has 2 heteroatoms. The van der Waals surface area contributed by atoms with Crippen molar-refractivity contribution in [1.29, 1.82) is 0 Å². The van der Waals surface area contributed by atoms with Crippen molar-refractivity contribution in [3.8, 4) is 22.4 Å². The molecular formula is C40H24N2. The van der Waals surface area contributed by atoms with Gasteiger partial charge in [0.25, 0.3) is 0 Å². The molecule has 2 heterocycles. The van der Waals surface area contributed by atoms with Crippen molar-refractivity contribution < 1.29 is 0 Å². The van der Waals surface area contributed by atoms with Crippen molar-refractivity contribution in [2.24, 2.45) is 0 Å². The van der Waals surface area contributed by atoms with Crippen molar-refractivity contribution in [3.63, 3.8) is 0 Å². The molecule has 2 nitrogen and oxygen atoms in total. The molecule has 0 atom stereocenters. The van der Waals surface area contributed by atoms with Crippen molar-refractivity contribution >= 4 is 64.9 Å². The standard InChI is InChI=1S/C40H24N2/c1-2-14-31-29(12-1)30-13-3-5-16-33(30)38-34-17-6-4-15-32(34)35(24-36(31)38)27-9-7-10-28(23-27)37-21-20-26-19-18-25-11-8-22-41-39(25)40(26)42-37/h1-24H. The molecule has 194 valence electrons. The molecular weight excluding hydrogens is 508 g/mol. The minimum Gasteiger partial charge on any atom is -0.254 e. The average Bonchev–Trinajstić information content (AvgIpc) is 3.07. The molecule has 42 heavy (non-hydrogen) atoms. The maximum atomic E-state index is 5.13. The maximum absolute atomic E-state index is 5.13. The Hall–Kier alpha value is -5.60. The summed E-state index contributed by atoms with van der Waals surface area (Å²) in [4.78, 5) is 9.79. The summed E-state index contributed by atoms with van der Waals surface area (Å²) in [6.07, 6.45) is 1.84. The summed E-state index contributed by atoms with van der Waals surface area (Å²) in [5.41, 5.74) is 6.33. The summed E-state index contributed by atoms with van der Waals surface area (Å²) in [6, 6.07) is 50.2. The van der Waals surface area contributed by atoms with Crippen LogP contribution < -0.4 is 0 Å². The van der Waals surface area contributed by atoms with Gasteiger partial charge in [0.05, 0.1) is 16.7 Å². The summed E-state index contributed by atoms with van der Waals surface area (Å²) >= 11 is 0. The Morgan fingerprint density at radius 3 is 1.76 bits per heavy atom. The Kier molecular flexibility index (Phi) is 4.93. The van der Waals surface area contributed by atoms with Gasteiger partial charge in [-0.15, -0.1) is 0 Å². The number of pyridine rings is 2. The van der Waals surface area contributed by atoms with Crippen molar-refractivity contribution in [2.75, 3.05) is 0 Å². The fourth-order valence-electron chi connectivity index (χ4n) is 6.74. The Morgan fingerprint density at radius 2 is 0.976 bits per heavy atom. The lowest BCUT2D eigenvalue weighted by molar-refractivity contribution is 1.37. The summed E-state index contributed by atoms with van der Waals surface area (Å²) in [5, 5.41) is 12.5. The molecule has 0 bridgehead atoms. The highest BCUT2D eigenvalue weighted by Gasteiger charge is 2.15. The smallest absolute Gasteiger partial charge is 0.0972 e. The number of benzene rings is 7. The van der Waals surface area contributed by atoms with E-state index in [2.05, 4.69) is 138 Å². The van der Waals surface area contributed by atoms with E-state index in [0.717, 1.165) is 33.1 Å². The Balaban J connectivity index is 1.32. The Labute approximate surface area is 242 Å². The van der Waals surface area contributed by atoms with E-state index in [-0.39, 0.29) is 0 Å². The van der Waals surface area contributed by atoms with Crippen LogP contribution in [0.15, 0.2) is 146 Å². The van der Waals surface area contributed by atoms with Crippen LogP contribution in [0, 0.1) is 0 Å². The van der Waals surface area contributed by atoms with Crippen LogP contribution in [0.3, 0.4) is 0 Å². The number of hydrogen-bond donors (Lipinski definition) is 0. The van der Waals surface area contributed by atoms with Gasteiger partial charge in [-0.3, -0.25) is 4.98 Å². The second kappa shape index (κ2) is 8.95. The highest BCUT2D eigenvalue weighted by Crippen LogP contribution is 2.43. The van der Waals surface area contributed by atoms with Gasteiger partial charge in [0.1, 0.15) is 0 Å². The van der Waals surface area contributed by atoms with Crippen LogP contribution >= 0.6 is 0 Å². The maximum Gasteiger partial charge on any atom is 0.0972 e. The van der Waals surface area contributed by atoms with Crippen LogP contribution in [0.4, 0.5) is 0 Å². The van der Waals surface area contributed by atoms with E-state index >= 15 is 0 Å². The van der Waals surface area contributed by atoms with Gasteiger partial charge in [0.15, 0.2) is 0 Å². The number of hydrogen-bond acceptors (Lipinski definition) is 2. The molecule has 0 spiro atoms. The first-order valence-corrected chi connectivity index (χ1v) is 14.3. The highest BCUT2D eigenvalue weighted by atomic mass is 14.7. The molecule has 0 radical (unpaired) electrons. The Bertz CT molecular complexity index is 2530. The van der Waals surface area contributed by atoms with E-state index in [0.29, 0.717) is 0 Å². The topological polar surface area (TPSA) is 25.8 Å². The lowest BCUT2D eigenvalue weighted by atomic mass is 9.87. The monoisotopic (exact) mass is 532 g/mol. The lowest BCUT2D eigenvalue weighted by Crippen LogP contribution is -1.90. The molecule has 0 fully saturated rings. The number of aromatic nitrogens is 2. The van der Waals surface area contributed by atoms with Crippen LogP contribution in [-0.2, 0) is 0 Å². The van der Waals surface area contributed by atoms with Gasteiger partial charge in [0.2, 0.25) is 0 Å². The Morgan fingerprint density at radius 1 is 0.381 bits per heavy atom. The fraction of sp³-hybridized carbons (Fsp3) is 0. The lowest BCUT2D eigenvalue weighted by Gasteiger charge is -2.16. The normalized spacial score (nSPS) is 11.8. The minimum atomic E-state index is 0.936. The first kappa shape index (κ1) is 23.1. The molecule has 0 unspecified atom stereocenters. The molecule has 9 aromatic rings. The third-order valence-electron chi connectivity index (χ3n) is 8.65. The first-order valence-electron chi connectivity index (χ1n) is 14.3. The minimum absolute atomic E-state index is 0.936. The largest absolute Gasteiger partial charge is 0.254 e. The van der Waals surface area contributed by atoms with Gasteiger partial charge in [-0.1, -0.05) is 115 Å². The highest BCUT2D eigenvalue weighted by molar-refractivity contribution is 6.33. The van der Waals surface area contributed by atoms with E-state index in [1.54, 1.807) is 0 Å². The summed E-state index contributed by atoms with van der Waals surface area (Å²) < 4.78 is 0. The van der Waals surface area contributed by atoms with Gasteiger partial charge in [-0.25, -0.2) is 4.98 Å². The van der Waals surface area contributed by atoms with Crippen molar-refractivity contribution in [2.45, 2.75) is 0 Å². The average molecular weight is 533 g/mol. The van der Waals surface area contributed by atoms with E-state index in [1.807, 2.05) is 12.3 Å². The van der Waals surface area contributed by atoms with Gasteiger partial charge >= 0.3 is 0 Å². The van der Waals surface area contributed by atoms with E-state index in [9.17, 15) is 0 Å². The van der Waals surface area contributed by atoms with Gasteiger partial charge in [-0.05, 0) is 78.5 Å². The number of rotatable bonds is 2. The first-order chi connectivity index (χ1) is 20.8. The summed E-state index contributed by atoms with van der Waals surface area (Å²) in [6.45, 7) is 0. The molecule has 2 aromatic heterocycles. The van der Waals surface area contributed by atoms with E-state index in [1.165, 1.54) is 54.2 Å². The van der Waals surface area contributed by atoms with Gasteiger partial charge in [0, 0.05) is 22.5 Å². The zero-order valence-electron chi connectivity index (χ0n) is 22.8. The molecule has 0 N–H and O–H groups in total. The van der Waals surface area contributed by atoms with Crippen LogP contribution in [0.5, 0.6) is 0 Å². The zero-order valence-corrected chi connectivity index (χ0v) is 22.8. The SMILES string of the molecule is c1cc(-c2ccc3ccc4cccnc4c3n2)cc(-c2cc3c4ccccc4c4ccccc4c3c3ccccc23)c1. The molecule has 9 rings (SSSR count). The quantitative estimate of drug-likeness (QED) is 0.207. The molecule has 0 aliphatic rings. The third kappa shape index (κ3) is 3.39. The van der Waals surface area contributed by atoms with E-state index in [4.69, 9.17) is 4.98 Å². The molecule has 0 saturated carbocycles. The predicted molar refractivity (Wildman–Crippen MR) is 178 cm³/mol. The molecule has 0 amide bonds. The van der Waals surface area contributed by atoms with Crippen molar-refractivity contribution in [3.05, 3.63) is 146 Å². The molecule has 0 saturated heterocycles. The van der Waals surface area contributed by atoms with Crippen LogP contribution in [0.2, 0.25) is 0 Å². The fourth-order valence-corrected chi connectivity index (χ4v) is 6.74. The number of nitrogens with zero attached hydrogens (tertiary/aromatic N) is 2. The van der Waals surface area contributed by atoms with Gasteiger partial charge in [-0.2, -0.15) is 0 Å². The number of fused-ring (bicyclic) bond motifs is 11. The zero-order chi connectivity index (χ0) is 27.6. The second-order valence-corrected chi connectivity index (χ2v) is 11.0. The molecule has 0 aliphatic heterocycles. The predicted octanol–water partition coefficient (Wildman–Crippen LogP) is 10.7.